The van der Waals surface area contributed by atoms with Crippen LogP contribution in [0.2, 0.25) is 0 Å². The SMILES string of the molecule is Cc1ccc(Nc2cc(-c3ccncc3)nc(NCCO)n2)cc1F. The van der Waals surface area contributed by atoms with Crippen LogP contribution in [0.4, 0.5) is 21.8 Å². The second-order valence-corrected chi connectivity index (χ2v) is 5.44. The number of aromatic nitrogens is 3. The van der Waals surface area contributed by atoms with E-state index in [9.17, 15) is 4.39 Å². The average molecular weight is 339 g/mol. The summed E-state index contributed by atoms with van der Waals surface area (Å²) in [4.78, 5) is 12.8. The Morgan fingerprint density at radius 3 is 2.60 bits per heavy atom. The Morgan fingerprint density at radius 1 is 1.08 bits per heavy atom. The lowest BCUT2D eigenvalue weighted by atomic mass is 10.2. The van der Waals surface area contributed by atoms with E-state index in [1.54, 1.807) is 37.5 Å². The van der Waals surface area contributed by atoms with Crippen LogP contribution in [0.25, 0.3) is 11.3 Å². The fraction of sp³-hybridized carbons (Fsp3) is 0.167. The molecule has 3 N–H and O–H groups in total. The lowest BCUT2D eigenvalue weighted by Gasteiger charge is -2.11. The molecule has 25 heavy (non-hydrogen) atoms. The van der Waals surface area contributed by atoms with Gasteiger partial charge >= 0.3 is 0 Å². The Kier molecular flexibility index (Phi) is 5.15. The van der Waals surface area contributed by atoms with Crippen LogP contribution < -0.4 is 10.6 Å². The van der Waals surface area contributed by atoms with Gasteiger partial charge in [-0.05, 0) is 36.8 Å². The van der Waals surface area contributed by atoms with Crippen molar-refractivity contribution in [1.29, 1.82) is 0 Å². The van der Waals surface area contributed by atoms with Gasteiger partial charge in [0.25, 0.3) is 0 Å². The summed E-state index contributed by atoms with van der Waals surface area (Å²) in [5, 5.41) is 15.0. The quantitative estimate of drug-likeness (QED) is 0.640. The van der Waals surface area contributed by atoms with E-state index in [0.29, 0.717) is 35.3 Å². The molecule has 0 aliphatic carbocycles. The number of hydrogen-bond donors (Lipinski definition) is 3. The first-order chi connectivity index (χ1) is 12.2. The first-order valence-corrected chi connectivity index (χ1v) is 7.83. The van der Waals surface area contributed by atoms with Crippen molar-refractivity contribution in [3.8, 4) is 11.3 Å². The second kappa shape index (κ2) is 7.67. The molecule has 6 nitrogen and oxygen atoms in total. The first-order valence-electron chi connectivity index (χ1n) is 7.83. The van der Waals surface area contributed by atoms with Crippen molar-refractivity contribution in [2.45, 2.75) is 6.92 Å². The van der Waals surface area contributed by atoms with Crippen LogP contribution >= 0.6 is 0 Å². The van der Waals surface area contributed by atoms with Gasteiger partial charge in [-0.2, -0.15) is 4.98 Å². The van der Waals surface area contributed by atoms with Gasteiger partial charge in [-0.1, -0.05) is 6.07 Å². The van der Waals surface area contributed by atoms with Crippen molar-refractivity contribution in [1.82, 2.24) is 15.0 Å². The fourth-order valence-corrected chi connectivity index (χ4v) is 2.25. The van der Waals surface area contributed by atoms with Crippen LogP contribution in [0, 0.1) is 12.7 Å². The molecule has 2 heterocycles. The van der Waals surface area contributed by atoms with Crippen LogP contribution in [0.5, 0.6) is 0 Å². The number of anilines is 3. The number of nitrogens with one attached hydrogen (secondary N) is 2. The molecule has 0 amide bonds. The summed E-state index contributed by atoms with van der Waals surface area (Å²) in [6.45, 7) is 2.01. The monoisotopic (exact) mass is 339 g/mol. The second-order valence-electron chi connectivity index (χ2n) is 5.44. The molecule has 3 rings (SSSR count). The number of aliphatic hydroxyl groups is 1. The van der Waals surface area contributed by atoms with Gasteiger partial charge in [-0.3, -0.25) is 4.98 Å². The van der Waals surface area contributed by atoms with Crippen LogP contribution in [0.3, 0.4) is 0 Å². The topological polar surface area (TPSA) is 83.0 Å². The third kappa shape index (κ3) is 4.27. The highest BCUT2D eigenvalue weighted by Crippen LogP contribution is 2.24. The molecule has 0 saturated heterocycles. The van der Waals surface area contributed by atoms with Gasteiger partial charge in [0.15, 0.2) is 0 Å². The molecule has 0 atom stereocenters. The lowest BCUT2D eigenvalue weighted by molar-refractivity contribution is 0.311. The minimum Gasteiger partial charge on any atom is -0.395 e. The molecule has 7 heteroatoms. The van der Waals surface area contributed by atoms with E-state index in [2.05, 4.69) is 25.6 Å². The molecule has 128 valence electrons. The molecule has 0 radical (unpaired) electrons. The van der Waals surface area contributed by atoms with Crippen molar-refractivity contribution in [2.75, 3.05) is 23.8 Å². The molecule has 0 bridgehead atoms. The maximum atomic E-state index is 13.8. The third-order valence-electron chi connectivity index (χ3n) is 3.54. The smallest absolute Gasteiger partial charge is 0.225 e. The van der Waals surface area contributed by atoms with Gasteiger partial charge in [-0.15, -0.1) is 0 Å². The van der Waals surface area contributed by atoms with Gasteiger partial charge in [0, 0.05) is 36.3 Å². The van der Waals surface area contributed by atoms with Crippen LogP contribution in [0.15, 0.2) is 48.8 Å². The zero-order chi connectivity index (χ0) is 17.6. The number of halogens is 1. The van der Waals surface area contributed by atoms with E-state index < -0.39 is 0 Å². The van der Waals surface area contributed by atoms with E-state index in [1.807, 2.05) is 12.1 Å². The molecule has 0 fully saturated rings. The van der Waals surface area contributed by atoms with Crippen LogP contribution in [0.1, 0.15) is 5.56 Å². The normalized spacial score (nSPS) is 10.5. The van der Waals surface area contributed by atoms with E-state index in [1.165, 1.54) is 6.07 Å². The molecular weight excluding hydrogens is 321 g/mol. The molecule has 2 aromatic heterocycles. The molecule has 0 unspecified atom stereocenters. The maximum Gasteiger partial charge on any atom is 0.225 e. The summed E-state index contributed by atoms with van der Waals surface area (Å²) in [5.41, 5.74) is 2.74. The number of aryl methyl sites for hydroxylation is 1. The van der Waals surface area contributed by atoms with Gasteiger partial charge in [0.2, 0.25) is 5.95 Å². The van der Waals surface area contributed by atoms with E-state index >= 15 is 0 Å². The molecular formula is C18H18FN5O. The van der Waals surface area contributed by atoms with E-state index in [0.717, 1.165) is 5.56 Å². The number of hydrogen-bond acceptors (Lipinski definition) is 6. The van der Waals surface area contributed by atoms with Crippen molar-refractivity contribution in [3.63, 3.8) is 0 Å². The van der Waals surface area contributed by atoms with Gasteiger partial charge in [-0.25, -0.2) is 9.37 Å². The standard InChI is InChI=1S/C18H18FN5O/c1-12-2-3-14(10-15(12)19)22-17-11-16(13-4-6-20-7-5-13)23-18(24-17)21-8-9-25/h2-7,10-11,25H,8-9H2,1H3,(H2,21,22,23,24). The third-order valence-corrected chi connectivity index (χ3v) is 3.54. The van der Waals surface area contributed by atoms with Crippen LogP contribution in [-0.2, 0) is 0 Å². The molecule has 0 aliphatic rings. The zero-order valence-corrected chi connectivity index (χ0v) is 13.7. The maximum absolute atomic E-state index is 13.8. The van der Waals surface area contributed by atoms with Crippen molar-refractivity contribution in [2.24, 2.45) is 0 Å². The van der Waals surface area contributed by atoms with E-state index in [4.69, 9.17) is 5.11 Å². The van der Waals surface area contributed by atoms with Gasteiger partial charge in [0.05, 0.1) is 12.3 Å². The Labute approximate surface area is 144 Å². The van der Waals surface area contributed by atoms with Crippen molar-refractivity contribution < 1.29 is 9.50 Å². The summed E-state index contributed by atoms with van der Waals surface area (Å²) in [7, 11) is 0. The lowest BCUT2D eigenvalue weighted by Crippen LogP contribution is -2.10. The predicted octanol–water partition coefficient (Wildman–Crippen LogP) is 3.13. The Balaban J connectivity index is 1.95. The predicted molar refractivity (Wildman–Crippen MR) is 95.3 cm³/mol. The van der Waals surface area contributed by atoms with Crippen molar-refractivity contribution in [3.05, 3.63) is 60.2 Å². The summed E-state index contributed by atoms with van der Waals surface area (Å²) >= 11 is 0. The highest BCUT2D eigenvalue weighted by atomic mass is 19.1. The highest BCUT2D eigenvalue weighted by molar-refractivity contribution is 5.67. The number of pyridine rings is 1. The van der Waals surface area contributed by atoms with Gasteiger partial charge < -0.3 is 15.7 Å². The molecule has 0 saturated carbocycles. The largest absolute Gasteiger partial charge is 0.395 e. The first kappa shape index (κ1) is 16.8. The Bertz CT molecular complexity index is 857. The number of benzene rings is 1. The molecule has 0 spiro atoms. The summed E-state index contributed by atoms with van der Waals surface area (Å²) < 4.78 is 13.8. The molecule has 1 aromatic carbocycles. The van der Waals surface area contributed by atoms with E-state index in [-0.39, 0.29) is 12.4 Å². The average Bonchev–Trinajstić information content (AvgIpc) is 2.63. The summed E-state index contributed by atoms with van der Waals surface area (Å²) in [5.74, 6) is 0.607. The minimum atomic E-state index is -0.285. The van der Waals surface area contributed by atoms with Crippen molar-refractivity contribution >= 4 is 17.5 Å². The van der Waals surface area contributed by atoms with Gasteiger partial charge in [0.1, 0.15) is 11.6 Å². The Hall–Kier alpha value is -3.06. The number of aliphatic hydroxyl groups excluding tert-OH is 1. The van der Waals surface area contributed by atoms with Crippen LogP contribution in [-0.4, -0.2) is 33.2 Å². The Morgan fingerprint density at radius 2 is 1.88 bits per heavy atom. The fourth-order valence-electron chi connectivity index (χ4n) is 2.25. The summed E-state index contributed by atoms with van der Waals surface area (Å²) in [6, 6.07) is 10.4. The number of nitrogens with zero attached hydrogens (tertiary/aromatic N) is 3. The minimum absolute atomic E-state index is 0.0330. The summed E-state index contributed by atoms with van der Waals surface area (Å²) in [6.07, 6.45) is 3.36. The zero-order valence-electron chi connectivity index (χ0n) is 13.7. The highest BCUT2D eigenvalue weighted by Gasteiger charge is 2.08. The number of rotatable bonds is 6. The molecule has 0 aliphatic heterocycles. The molecule has 3 aromatic rings.